The van der Waals surface area contributed by atoms with Crippen LogP contribution in [0.1, 0.15) is 53.6 Å². The molecule has 0 bridgehead atoms. The zero-order valence-electron chi connectivity index (χ0n) is 24.0. The van der Waals surface area contributed by atoms with E-state index >= 15 is 0 Å². The van der Waals surface area contributed by atoms with Crippen LogP contribution in [0.2, 0.25) is 0 Å². The van der Waals surface area contributed by atoms with Crippen molar-refractivity contribution in [3.05, 3.63) is 89.7 Å². The zero-order chi connectivity index (χ0) is 28.1. The fraction of sp³-hybridized carbons (Fsp3) is 0.412. The highest BCUT2D eigenvalue weighted by molar-refractivity contribution is 5.97. The number of fused-ring (bicyclic) bond motifs is 2. The number of H-pyrrole nitrogens is 1. The molecule has 2 aliphatic rings. The number of para-hydroxylation sites is 1. The van der Waals surface area contributed by atoms with Crippen LogP contribution in [0.15, 0.2) is 73.1 Å². The van der Waals surface area contributed by atoms with Crippen LogP contribution in [-0.2, 0) is 13.0 Å². The van der Waals surface area contributed by atoms with E-state index in [-0.39, 0.29) is 11.3 Å². The molecular weight excluding hydrogens is 512 g/mol. The van der Waals surface area contributed by atoms with Crippen molar-refractivity contribution < 1.29 is 14.3 Å². The Hall–Kier alpha value is -3.84. The molecule has 1 amide bonds. The fourth-order valence-electron chi connectivity index (χ4n) is 6.55. The predicted molar refractivity (Wildman–Crippen MR) is 161 cm³/mol. The number of imidazole rings is 1. The second-order valence-corrected chi connectivity index (χ2v) is 11.6. The maximum atomic E-state index is 13.5. The first-order chi connectivity index (χ1) is 20.1. The Balaban J connectivity index is 1.19. The molecule has 7 heteroatoms. The van der Waals surface area contributed by atoms with Crippen LogP contribution in [-0.4, -0.2) is 65.6 Å². The number of nitrogens with one attached hydrogen (secondary N) is 1. The molecule has 1 spiro atoms. The van der Waals surface area contributed by atoms with Crippen molar-refractivity contribution in [1.29, 1.82) is 0 Å². The van der Waals surface area contributed by atoms with E-state index in [2.05, 4.69) is 51.3 Å². The van der Waals surface area contributed by atoms with Gasteiger partial charge in [0.1, 0.15) is 18.1 Å². The number of likely N-dealkylation sites (tertiary alicyclic amines) is 1. The molecule has 7 nitrogen and oxygen atoms in total. The van der Waals surface area contributed by atoms with Crippen molar-refractivity contribution >= 4 is 16.9 Å². The van der Waals surface area contributed by atoms with E-state index in [4.69, 9.17) is 9.47 Å². The molecule has 4 aromatic rings. The topological polar surface area (TPSA) is 70.7 Å². The summed E-state index contributed by atoms with van der Waals surface area (Å²) in [6.07, 6.45) is 8.25. The third-order valence-corrected chi connectivity index (χ3v) is 8.94. The van der Waals surface area contributed by atoms with E-state index in [1.165, 1.54) is 24.0 Å². The van der Waals surface area contributed by atoms with Crippen LogP contribution in [0, 0.1) is 5.41 Å². The lowest BCUT2D eigenvalue weighted by atomic mass is 9.73. The van der Waals surface area contributed by atoms with E-state index in [0.717, 1.165) is 86.5 Å². The van der Waals surface area contributed by atoms with Gasteiger partial charge in [0, 0.05) is 38.3 Å². The molecular formula is C34H40N4O3. The Morgan fingerprint density at radius 2 is 1.83 bits per heavy atom. The van der Waals surface area contributed by atoms with Gasteiger partial charge >= 0.3 is 0 Å². The third-order valence-electron chi connectivity index (χ3n) is 8.94. The predicted octanol–water partition coefficient (Wildman–Crippen LogP) is 6.10. The largest absolute Gasteiger partial charge is 0.497 e. The van der Waals surface area contributed by atoms with Crippen LogP contribution in [0.3, 0.4) is 0 Å². The van der Waals surface area contributed by atoms with Gasteiger partial charge in [-0.15, -0.1) is 0 Å². The number of rotatable bonds is 4. The van der Waals surface area contributed by atoms with Crippen molar-refractivity contribution in [2.45, 2.75) is 45.1 Å². The first-order valence-electron chi connectivity index (χ1n) is 14.9. The standard InChI is InChI=1S/C34H40N4O3/c1-40-29-12-9-26(10-13-29)23-37-20-21-41-32-8-3-2-6-27(32)7-4-5-15-34(24-37)16-18-38(19-17-34)33(39)28-11-14-30-31(22-28)36-25-35-30/h2-3,6,8-14,22,25H,4-5,7,15-21,23-24H2,1H3,(H,35,36). The summed E-state index contributed by atoms with van der Waals surface area (Å²) in [6.45, 7) is 4.96. The minimum absolute atomic E-state index is 0.115. The summed E-state index contributed by atoms with van der Waals surface area (Å²) in [5.74, 6) is 2.01. The highest BCUT2D eigenvalue weighted by Gasteiger charge is 2.37. The average molecular weight is 553 g/mol. The van der Waals surface area contributed by atoms with Crippen LogP contribution in [0.4, 0.5) is 0 Å². The number of nitrogens with zero attached hydrogens (tertiary/aromatic N) is 3. The third kappa shape index (κ3) is 6.41. The number of hydrogen-bond donors (Lipinski definition) is 1. The lowest BCUT2D eigenvalue weighted by molar-refractivity contribution is 0.0361. The monoisotopic (exact) mass is 552 g/mol. The van der Waals surface area contributed by atoms with Gasteiger partial charge in [0.25, 0.3) is 5.91 Å². The Labute approximate surface area is 242 Å². The van der Waals surface area contributed by atoms with Gasteiger partial charge < -0.3 is 19.4 Å². The Bertz CT molecular complexity index is 1460. The molecule has 1 saturated heterocycles. The summed E-state index contributed by atoms with van der Waals surface area (Å²) in [7, 11) is 1.71. The quantitative estimate of drug-likeness (QED) is 0.331. The summed E-state index contributed by atoms with van der Waals surface area (Å²) in [4.78, 5) is 25.5. The van der Waals surface area contributed by atoms with Gasteiger partial charge in [-0.1, -0.05) is 36.8 Å². The van der Waals surface area contributed by atoms with Crippen LogP contribution in [0.5, 0.6) is 11.5 Å². The van der Waals surface area contributed by atoms with Gasteiger partial charge in [-0.25, -0.2) is 4.98 Å². The number of carbonyl (C=O) groups excluding carboxylic acids is 1. The molecule has 0 radical (unpaired) electrons. The van der Waals surface area contributed by atoms with Crippen molar-refractivity contribution in [2.75, 3.05) is 39.9 Å². The van der Waals surface area contributed by atoms with Crippen molar-refractivity contribution in [3.63, 3.8) is 0 Å². The molecule has 0 saturated carbocycles. The van der Waals surface area contributed by atoms with E-state index < -0.39 is 0 Å². The van der Waals surface area contributed by atoms with Gasteiger partial charge in [0.2, 0.25) is 0 Å². The van der Waals surface area contributed by atoms with E-state index in [9.17, 15) is 4.79 Å². The van der Waals surface area contributed by atoms with Crippen molar-refractivity contribution in [3.8, 4) is 11.5 Å². The second-order valence-electron chi connectivity index (χ2n) is 11.6. The summed E-state index contributed by atoms with van der Waals surface area (Å²) < 4.78 is 11.7. The number of ether oxygens (including phenoxy) is 2. The number of benzene rings is 3. The van der Waals surface area contributed by atoms with Crippen molar-refractivity contribution in [2.24, 2.45) is 5.41 Å². The molecule has 0 aliphatic carbocycles. The van der Waals surface area contributed by atoms with E-state index in [1.54, 1.807) is 13.4 Å². The number of methoxy groups -OCH3 is 1. The Kier molecular flexibility index (Phi) is 8.23. The van der Waals surface area contributed by atoms with Gasteiger partial charge in [-0.05, 0) is 85.0 Å². The first kappa shape index (κ1) is 27.3. The fourth-order valence-corrected chi connectivity index (χ4v) is 6.55. The highest BCUT2D eigenvalue weighted by atomic mass is 16.5. The highest BCUT2D eigenvalue weighted by Crippen LogP contribution is 2.39. The lowest BCUT2D eigenvalue weighted by Gasteiger charge is -2.45. The van der Waals surface area contributed by atoms with E-state index in [1.807, 2.05) is 35.2 Å². The lowest BCUT2D eigenvalue weighted by Crippen LogP contribution is -2.48. The molecule has 1 aromatic heterocycles. The van der Waals surface area contributed by atoms with E-state index in [0.29, 0.717) is 6.61 Å². The summed E-state index contributed by atoms with van der Waals surface area (Å²) >= 11 is 0. The summed E-state index contributed by atoms with van der Waals surface area (Å²) in [5, 5.41) is 0. The average Bonchev–Trinajstić information content (AvgIpc) is 3.48. The molecule has 1 N–H and O–H groups in total. The van der Waals surface area contributed by atoms with Crippen molar-refractivity contribution in [1.82, 2.24) is 19.8 Å². The van der Waals surface area contributed by atoms with Gasteiger partial charge in [-0.3, -0.25) is 9.69 Å². The molecule has 1 fully saturated rings. The second kappa shape index (κ2) is 12.4. The zero-order valence-corrected chi connectivity index (χ0v) is 24.0. The number of aromatic amines is 1. The number of hydrogen-bond acceptors (Lipinski definition) is 5. The Morgan fingerprint density at radius 1 is 1.00 bits per heavy atom. The van der Waals surface area contributed by atoms with Crippen LogP contribution < -0.4 is 9.47 Å². The molecule has 6 rings (SSSR count). The Morgan fingerprint density at radius 3 is 2.66 bits per heavy atom. The smallest absolute Gasteiger partial charge is 0.253 e. The normalized spacial score (nSPS) is 18.2. The van der Waals surface area contributed by atoms with Crippen LogP contribution in [0.25, 0.3) is 11.0 Å². The first-order valence-corrected chi connectivity index (χ1v) is 14.9. The molecule has 0 unspecified atom stereocenters. The molecule has 0 atom stereocenters. The summed E-state index contributed by atoms with van der Waals surface area (Å²) in [6, 6.07) is 22.7. The molecule has 214 valence electrons. The minimum atomic E-state index is 0.115. The minimum Gasteiger partial charge on any atom is -0.497 e. The number of aromatic nitrogens is 2. The number of piperidine rings is 1. The van der Waals surface area contributed by atoms with Gasteiger partial charge in [-0.2, -0.15) is 0 Å². The number of amides is 1. The summed E-state index contributed by atoms with van der Waals surface area (Å²) in [5.41, 5.74) is 5.27. The molecule has 3 heterocycles. The number of aryl methyl sites for hydroxylation is 1. The maximum Gasteiger partial charge on any atom is 0.253 e. The maximum absolute atomic E-state index is 13.5. The molecule has 2 aliphatic heterocycles. The van der Waals surface area contributed by atoms with Crippen LogP contribution >= 0.6 is 0 Å². The van der Waals surface area contributed by atoms with Gasteiger partial charge in [0.05, 0.1) is 24.5 Å². The SMILES string of the molecule is COc1ccc(CN2CCOc3ccccc3CCCCC3(CCN(C(=O)c4ccc5nc[nH]c5c4)CC3)C2)cc1. The molecule has 41 heavy (non-hydrogen) atoms. The molecule has 3 aromatic carbocycles. The van der Waals surface area contributed by atoms with Gasteiger partial charge in [0.15, 0.2) is 0 Å². The number of carbonyl (C=O) groups is 1.